The van der Waals surface area contributed by atoms with Crippen molar-refractivity contribution in [3.63, 3.8) is 0 Å². The summed E-state index contributed by atoms with van der Waals surface area (Å²) in [5.41, 5.74) is 3.12. The predicted molar refractivity (Wildman–Crippen MR) is 94.5 cm³/mol. The highest BCUT2D eigenvalue weighted by Crippen LogP contribution is 2.40. The molecule has 0 fully saturated rings. The van der Waals surface area contributed by atoms with E-state index >= 15 is 0 Å². The molecule has 7 heteroatoms. The van der Waals surface area contributed by atoms with E-state index < -0.39 is 0 Å². The molecule has 3 aromatic rings. The highest BCUT2D eigenvalue weighted by atomic mass is 35.5. The molecule has 2 atom stereocenters. The second-order valence-corrected chi connectivity index (χ2v) is 7.02. The molecule has 4 rings (SSSR count). The molecule has 0 saturated heterocycles. The molecule has 0 bridgehead atoms. The molecular formula is C17H13ClN4OS. The number of hydrogen-bond acceptors (Lipinski definition) is 5. The van der Waals surface area contributed by atoms with E-state index in [9.17, 15) is 4.79 Å². The van der Waals surface area contributed by atoms with Crippen LogP contribution in [0.1, 0.15) is 17.2 Å². The van der Waals surface area contributed by atoms with E-state index in [2.05, 4.69) is 21.5 Å². The second-order valence-electron chi connectivity index (χ2n) is 5.40. The lowest BCUT2D eigenvalue weighted by molar-refractivity contribution is -0.107. The molecule has 2 heterocycles. The summed E-state index contributed by atoms with van der Waals surface area (Å²) in [6, 6.07) is 13.7. The van der Waals surface area contributed by atoms with Crippen molar-refractivity contribution in [1.82, 2.24) is 14.8 Å². The number of anilines is 1. The topological polar surface area (TPSA) is 59.8 Å². The number of nitrogens with one attached hydrogen (secondary N) is 1. The Kier molecular flexibility index (Phi) is 4.00. The molecule has 0 aliphatic carbocycles. The Balaban J connectivity index is 1.78. The maximum Gasteiger partial charge on any atom is 0.152 e. The Morgan fingerprint density at radius 3 is 2.71 bits per heavy atom. The largest absolute Gasteiger partial charge is 0.366 e. The van der Waals surface area contributed by atoms with Gasteiger partial charge in [0.1, 0.15) is 24.1 Å². The van der Waals surface area contributed by atoms with E-state index in [0.29, 0.717) is 5.02 Å². The van der Waals surface area contributed by atoms with Gasteiger partial charge in [-0.15, -0.1) is 0 Å². The van der Waals surface area contributed by atoms with Crippen molar-refractivity contribution in [2.24, 2.45) is 0 Å². The van der Waals surface area contributed by atoms with Crippen molar-refractivity contribution >= 4 is 35.3 Å². The molecule has 0 saturated carbocycles. The lowest BCUT2D eigenvalue weighted by Crippen LogP contribution is -2.13. The number of fused-ring (bicyclic) bond motifs is 1. The van der Waals surface area contributed by atoms with E-state index in [1.54, 1.807) is 6.33 Å². The summed E-state index contributed by atoms with van der Waals surface area (Å²) in [4.78, 5) is 16.1. The molecule has 0 radical (unpaired) electrons. The van der Waals surface area contributed by atoms with Crippen molar-refractivity contribution in [2.75, 3.05) is 5.32 Å². The van der Waals surface area contributed by atoms with Crippen molar-refractivity contribution in [3.05, 3.63) is 71.3 Å². The van der Waals surface area contributed by atoms with Crippen molar-refractivity contribution in [3.8, 4) is 0 Å². The van der Waals surface area contributed by atoms with Crippen LogP contribution in [-0.4, -0.2) is 26.4 Å². The Bertz CT molecular complexity index is 867. The van der Waals surface area contributed by atoms with Crippen molar-refractivity contribution < 1.29 is 4.79 Å². The molecule has 1 aliphatic heterocycles. The molecule has 24 heavy (non-hydrogen) atoms. The number of halogens is 1. The summed E-state index contributed by atoms with van der Waals surface area (Å²) in [5.74, 6) is 0. The molecule has 1 aromatic heterocycles. The molecule has 0 spiro atoms. The van der Waals surface area contributed by atoms with Crippen LogP contribution in [-0.2, 0) is 4.79 Å². The highest BCUT2D eigenvalue weighted by Gasteiger charge is 2.24. The van der Waals surface area contributed by atoms with Gasteiger partial charge in [0.15, 0.2) is 6.29 Å². The zero-order valence-corrected chi connectivity index (χ0v) is 14.0. The Labute approximate surface area is 148 Å². The quantitative estimate of drug-likeness (QED) is 0.723. The van der Waals surface area contributed by atoms with Crippen LogP contribution in [0.3, 0.4) is 0 Å². The average molecular weight is 357 g/mol. The summed E-state index contributed by atoms with van der Waals surface area (Å²) in [6.45, 7) is 0. The zero-order valence-electron chi connectivity index (χ0n) is 12.5. The number of thioether (sulfide) groups is 1. The number of aromatic nitrogens is 3. The van der Waals surface area contributed by atoms with Crippen LogP contribution in [0.4, 0.5) is 5.69 Å². The van der Waals surface area contributed by atoms with Crippen LogP contribution >= 0.6 is 23.4 Å². The standard InChI is InChI=1S/C17H13ClN4OS/c18-13-4-1-11(2-5-13)17(22-10-19-9-20-22)12-3-6-14-15(7-12)24-16(8-23)21-14/h1-10,16-17,21H. The SMILES string of the molecule is O=CC1Nc2ccc(C(c3ccc(Cl)cc3)n3cncn3)cc2S1. The van der Waals surface area contributed by atoms with Gasteiger partial charge in [-0.05, 0) is 35.4 Å². The van der Waals surface area contributed by atoms with E-state index in [1.807, 2.05) is 41.1 Å². The maximum atomic E-state index is 11.0. The van der Waals surface area contributed by atoms with Gasteiger partial charge >= 0.3 is 0 Å². The Morgan fingerprint density at radius 1 is 1.21 bits per heavy atom. The molecular weight excluding hydrogens is 344 g/mol. The van der Waals surface area contributed by atoms with Gasteiger partial charge in [-0.2, -0.15) is 5.10 Å². The van der Waals surface area contributed by atoms with Gasteiger partial charge in [0.05, 0.1) is 0 Å². The fraction of sp³-hybridized carbons (Fsp3) is 0.118. The van der Waals surface area contributed by atoms with Gasteiger partial charge in [-0.1, -0.05) is 41.6 Å². The first-order chi connectivity index (χ1) is 11.7. The molecule has 1 N–H and O–H groups in total. The second kappa shape index (κ2) is 6.30. The fourth-order valence-corrected chi connectivity index (χ4v) is 3.90. The minimum Gasteiger partial charge on any atom is -0.366 e. The first-order valence-corrected chi connectivity index (χ1v) is 8.62. The Hall–Kier alpha value is -2.31. The third-order valence-corrected chi connectivity index (χ3v) is 5.21. The lowest BCUT2D eigenvalue weighted by atomic mass is 9.98. The van der Waals surface area contributed by atoms with Gasteiger partial charge in [0.25, 0.3) is 0 Å². The number of carbonyl (C=O) groups is 1. The Morgan fingerprint density at radius 2 is 2.00 bits per heavy atom. The van der Waals surface area contributed by atoms with Gasteiger partial charge in [-0.3, -0.25) is 0 Å². The molecule has 0 amide bonds. The predicted octanol–water partition coefficient (Wildman–Crippen LogP) is 3.61. The van der Waals surface area contributed by atoms with E-state index in [1.165, 1.54) is 18.1 Å². The lowest BCUT2D eigenvalue weighted by Gasteiger charge is -2.19. The summed E-state index contributed by atoms with van der Waals surface area (Å²) in [7, 11) is 0. The van der Waals surface area contributed by atoms with Crippen LogP contribution in [0.5, 0.6) is 0 Å². The number of aldehydes is 1. The van der Waals surface area contributed by atoms with Crippen LogP contribution in [0, 0.1) is 0 Å². The van der Waals surface area contributed by atoms with Crippen LogP contribution in [0.2, 0.25) is 5.02 Å². The van der Waals surface area contributed by atoms with Gasteiger partial charge in [0.2, 0.25) is 0 Å². The third kappa shape index (κ3) is 2.79. The van der Waals surface area contributed by atoms with E-state index in [4.69, 9.17) is 11.6 Å². The summed E-state index contributed by atoms with van der Waals surface area (Å²) < 4.78 is 1.81. The smallest absolute Gasteiger partial charge is 0.152 e. The molecule has 2 aromatic carbocycles. The average Bonchev–Trinajstić information content (AvgIpc) is 3.26. The molecule has 2 unspecified atom stereocenters. The number of carbonyl (C=O) groups excluding carboxylic acids is 1. The van der Waals surface area contributed by atoms with Crippen LogP contribution < -0.4 is 5.32 Å². The number of benzene rings is 2. The number of hydrogen-bond donors (Lipinski definition) is 1. The third-order valence-electron chi connectivity index (χ3n) is 3.88. The van der Waals surface area contributed by atoms with E-state index in [-0.39, 0.29) is 11.4 Å². The molecule has 5 nitrogen and oxygen atoms in total. The zero-order chi connectivity index (χ0) is 16.5. The van der Waals surface area contributed by atoms with Crippen LogP contribution in [0.25, 0.3) is 0 Å². The van der Waals surface area contributed by atoms with Crippen LogP contribution in [0.15, 0.2) is 60.0 Å². The normalized spacial score (nSPS) is 17.1. The molecule has 1 aliphatic rings. The first kappa shape index (κ1) is 15.2. The summed E-state index contributed by atoms with van der Waals surface area (Å²) in [5, 5.41) is 7.95. The van der Waals surface area contributed by atoms with Gasteiger partial charge in [0, 0.05) is 15.6 Å². The van der Waals surface area contributed by atoms with Crippen molar-refractivity contribution in [2.45, 2.75) is 16.3 Å². The van der Waals surface area contributed by atoms with Crippen molar-refractivity contribution in [1.29, 1.82) is 0 Å². The summed E-state index contributed by atoms with van der Waals surface area (Å²) in [6.07, 6.45) is 4.14. The van der Waals surface area contributed by atoms with E-state index in [0.717, 1.165) is 28.0 Å². The van der Waals surface area contributed by atoms with Gasteiger partial charge < -0.3 is 10.1 Å². The van der Waals surface area contributed by atoms with Gasteiger partial charge in [-0.25, -0.2) is 9.67 Å². The maximum absolute atomic E-state index is 11.0. The fourth-order valence-electron chi connectivity index (χ4n) is 2.80. The molecule has 120 valence electrons. The highest BCUT2D eigenvalue weighted by molar-refractivity contribution is 8.01. The minimum absolute atomic E-state index is 0.106. The number of nitrogens with zero attached hydrogens (tertiary/aromatic N) is 3. The number of rotatable bonds is 4. The first-order valence-electron chi connectivity index (χ1n) is 7.36. The monoisotopic (exact) mass is 356 g/mol. The minimum atomic E-state index is -0.226. The summed E-state index contributed by atoms with van der Waals surface area (Å²) >= 11 is 7.53.